The Labute approximate surface area is 68.1 Å². The Kier molecular flexibility index (Phi) is 1.33. The molecule has 2 aromatic heterocycles. The molecule has 0 aliphatic heterocycles. The standard InChI is InChI=1S/C8H6N2O2/c11-8(12)6-1-3-10-4-2-9-7(10)5-6/h1-5H,(H,11,12)/p-1. The predicted molar refractivity (Wildman–Crippen MR) is 39.5 cm³/mol. The lowest BCUT2D eigenvalue weighted by atomic mass is 10.3. The Hall–Kier alpha value is -1.84. The maximum Gasteiger partial charge on any atom is 0.137 e. The van der Waals surface area contributed by atoms with Crippen LogP contribution in [0.4, 0.5) is 0 Å². The van der Waals surface area contributed by atoms with Gasteiger partial charge in [-0.2, -0.15) is 0 Å². The minimum atomic E-state index is -1.18. The summed E-state index contributed by atoms with van der Waals surface area (Å²) in [7, 11) is 0. The maximum atomic E-state index is 10.4. The zero-order valence-electron chi connectivity index (χ0n) is 6.10. The van der Waals surface area contributed by atoms with Crippen LogP contribution in [0.5, 0.6) is 0 Å². The van der Waals surface area contributed by atoms with Gasteiger partial charge in [0.2, 0.25) is 0 Å². The normalized spacial score (nSPS) is 10.3. The fraction of sp³-hybridized carbons (Fsp3) is 0. The maximum absolute atomic E-state index is 10.4. The van der Waals surface area contributed by atoms with Gasteiger partial charge in [0.25, 0.3) is 0 Å². The summed E-state index contributed by atoms with van der Waals surface area (Å²) in [5.74, 6) is -1.18. The molecule has 2 heterocycles. The van der Waals surface area contributed by atoms with Crippen LogP contribution in [0.25, 0.3) is 5.65 Å². The van der Waals surface area contributed by atoms with Gasteiger partial charge in [-0.05, 0) is 12.1 Å². The predicted octanol–water partition coefficient (Wildman–Crippen LogP) is -0.302. The van der Waals surface area contributed by atoms with E-state index in [1.165, 1.54) is 12.1 Å². The number of carboxylic acids is 1. The number of aromatic nitrogens is 2. The number of fused-ring (bicyclic) bond motifs is 1. The van der Waals surface area contributed by atoms with E-state index in [-0.39, 0.29) is 5.56 Å². The number of hydrogen-bond donors (Lipinski definition) is 0. The van der Waals surface area contributed by atoms with E-state index < -0.39 is 5.97 Å². The average molecular weight is 161 g/mol. The summed E-state index contributed by atoms with van der Waals surface area (Å²) in [6, 6.07) is 2.94. The van der Waals surface area contributed by atoms with Crippen LogP contribution in [0.1, 0.15) is 10.4 Å². The quantitative estimate of drug-likeness (QED) is 0.576. The molecule has 2 aromatic rings. The number of carbonyl (C=O) groups excluding carboxylic acids is 1. The molecule has 0 amide bonds. The summed E-state index contributed by atoms with van der Waals surface area (Å²) in [4.78, 5) is 14.4. The van der Waals surface area contributed by atoms with Gasteiger partial charge in [-0.1, -0.05) is 0 Å². The summed E-state index contributed by atoms with van der Waals surface area (Å²) in [6.45, 7) is 0. The molecule has 0 bridgehead atoms. The van der Waals surface area contributed by atoms with Gasteiger partial charge >= 0.3 is 0 Å². The first kappa shape index (κ1) is 6.84. The van der Waals surface area contributed by atoms with Crippen molar-refractivity contribution in [1.29, 1.82) is 0 Å². The molecule has 0 aliphatic carbocycles. The molecule has 0 aliphatic rings. The van der Waals surface area contributed by atoms with E-state index >= 15 is 0 Å². The van der Waals surface area contributed by atoms with Gasteiger partial charge in [0, 0.05) is 24.2 Å². The van der Waals surface area contributed by atoms with Gasteiger partial charge < -0.3 is 14.3 Å². The van der Waals surface area contributed by atoms with E-state index in [1.807, 2.05) is 0 Å². The lowest BCUT2D eigenvalue weighted by Crippen LogP contribution is -2.22. The molecule has 0 N–H and O–H groups in total. The summed E-state index contributed by atoms with van der Waals surface area (Å²) in [6.07, 6.45) is 4.98. The molecule has 0 radical (unpaired) electrons. The van der Waals surface area contributed by atoms with Crippen molar-refractivity contribution in [3.8, 4) is 0 Å². The number of rotatable bonds is 1. The van der Waals surface area contributed by atoms with Gasteiger partial charge in [-0.3, -0.25) is 0 Å². The lowest BCUT2D eigenvalue weighted by molar-refractivity contribution is -0.255. The second kappa shape index (κ2) is 2.34. The summed E-state index contributed by atoms with van der Waals surface area (Å²) >= 11 is 0. The monoisotopic (exact) mass is 161 g/mol. The number of hydrogen-bond acceptors (Lipinski definition) is 3. The topological polar surface area (TPSA) is 57.4 Å². The van der Waals surface area contributed by atoms with Gasteiger partial charge in [-0.25, -0.2) is 4.98 Å². The molecule has 12 heavy (non-hydrogen) atoms. The van der Waals surface area contributed by atoms with Crippen molar-refractivity contribution in [2.45, 2.75) is 0 Å². The van der Waals surface area contributed by atoms with Gasteiger partial charge in [-0.15, -0.1) is 0 Å². The molecular weight excluding hydrogens is 156 g/mol. The van der Waals surface area contributed by atoms with E-state index in [4.69, 9.17) is 0 Å². The van der Waals surface area contributed by atoms with Crippen molar-refractivity contribution >= 4 is 11.6 Å². The van der Waals surface area contributed by atoms with Crippen LogP contribution < -0.4 is 5.11 Å². The number of carboxylic acid groups (broad SMARTS) is 1. The highest BCUT2D eigenvalue weighted by molar-refractivity contribution is 5.86. The molecule has 0 fully saturated rings. The highest BCUT2D eigenvalue weighted by Gasteiger charge is 1.96. The summed E-state index contributed by atoms with van der Waals surface area (Å²) in [5, 5.41) is 10.4. The Morgan fingerprint density at radius 1 is 1.50 bits per heavy atom. The first-order valence-electron chi connectivity index (χ1n) is 3.41. The molecule has 0 unspecified atom stereocenters. The molecular formula is C8H5N2O2-. The highest BCUT2D eigenvalue weighted by Crippen LogP contribution is 2.03. The molecule has 0 atom stereocenters. The lowest BCUT2D eigenvalue weighted by Gasteiger charge is -2.01. The van der Waals surface area contributed by atoms with E-state index in [1.54, 1.807) is 23.0 Å². The molecule has 0 spiro atoms. The first-order valence-corrected chi connectivity index (χ1v) is 3.41. The fourth-order valence-corrected chi connectivity index (χ4v) is 1.04. The third-order valence-corrected chi connectivity index (χ3v) is 1.63. The van der Waals surface area contributed by atoms with Crippen molar-refractivity contribution in [3.63, 3.8) is 0 Å². The van der Waals surface area contributed by atoms with Gasteiger partial charge in [0.05, 0.1) is 5.97 Å². The highest BCUT2D eigenvalue weighted by atomic mass is 16.4. The van der Waals surface area contributed by atoms with Crippen LogP contribution in [0.15, 0.2) is 30.7 Å². The number of nitrogens with zero attached hydrogens (tertiary/aromatic N) is 2. The van der Waals surface area contributed by atoms with E-state index in [2.05, 4.69) is 4.98 Å². The van der Waals surface area contributed by atoms with E-state index in [0.29, 0.717) is 5.65 Å². The van der Waals surface area contributed by atoms with Crippen molar-refractivity contribution in [2.24, 2.45) is 0 Å². The molecule has 4 nitrogen and oxygen atoms in total. The van der Waals surface area contributed by atoms with Crippen molar-refractivity contribution in [1.82, 2.24) is 9.38 Å². The minimum absolute atomic E-state index is 0.147. The zero-order chi connectivity index (χ0) is 8.55. The number of carbonyl (C=O) groups is 1. The van der Waals surface area contributed by atoms with Gasteiger partial charge in [0.15, 0.2) is 0 Å². The number of imidazole rings is 1. The first-order chi connectivity index (χ1) is 5.77. The van der Waals surface area contributed by atoms with E-state index in [9.17, 15) is 9.90 Å². The Morgan fingerprint density at radius 3 is 3.08 bits per heavy atom. The largest absolute Gasteiger partial charge is 0.545 e. The Balaban J connectivity index is 2.68. The van der Waals surface area contributed by atoms with Crippen LogP contribution in [0.3, 0.4) is 0 Å². The number of aromatic carboxylic acids is 1. The molecule has 2 rings (SSSR count). The smallest absolute Gasteiger partial charge is 0.137 e. The third kappa shape index (κ3) is 0.934. The van der Waals surface area contributed by atoms with Crippen LogP contribution in [-0.4, -0.2) is 15.4 Å². The zero-order valence-corrected chi connectivity index (χ0v) is 6.10. The van der Waals surface area contributed by atoms with Crippen LogP contribution in [-0.2, 0) is 0 Å². The minimum Gasteiger partial charge on any atom is -0.545 e. The summed E-state index contributed by atoms with van der Waals surface area (Å²) in [5.41, 5.74) is 0.755. The van der Waals surface area contributed by atoms with Crippen LogP contribution in [0.2, 0.25) is 0 Å². The summed E-state index contributed by atoms with van der Waals surface area (Å²) < 4.78 is 1.73. The molecule has 0 aromatic carbocycles. The Morgan fingerprint density at radius 2 is 2.33 bits per heavy atom. The SMILES string of the molecule is O=C([O-])c1ccn2ccnc2c1. The second-order valence-corrected chi connectivity index (χ2v) is 2.40. The molecule has 0 saturated carbocycles. The Bertz CT molecular complexity index is 433. The van der Waals surface area contributed by atoms with Crippen molar-refractivity contribution < 1.29 is 9.90 Å². The average Bonchev–Trinajstić information content (AvgIpc) is 2.49. The molecule has 60 valence electrons. The number of pyridine rings is 1. The van der Waals surface area contributed by atoms with Crippen molar-refractivity contribution in [2.75, 3.05) is 0 Å². The van der Waals surface area contributed by atoms with E-state index in [0.717, 1.165) is 0 Å². The molecule has 4 heteroatoms. The van der Waals surface area contributed by atoms with Crippen LogP contribution >= 0.6 is 0 Å². The molecule has 0 saturated heterocycles. The van der Waals surface area contributed by atoms with Gasteiger partial charge in [0.1, 0.15) is 5.65 Å². The van der Waals surface area contributed by atoms with Crippen LogP contribution in [0, 0.1) is 0 Å². The third-order valence-electron chi connectivity index (χ3n) is 1.63. The van der Waals surface area contributed by atoms with Crippen molar-refractivity contribution in [3.05, 3.63) is 36.3 Å². The fourth-order valence-electron chi connectivity index (χ4n) is 1.04. The second-order valence-electron chi connectivity index (χ2n) is 2.40.